The Morgan fingerprint density at radius 3 is 2.40 bits per heavy atom. The first-order valence-corrected chi connectivity index (χ1v) is 9.27. The molecule has 2 N–H and O–H groups in total. The third-order valence-electron chi connectivity index (χ3n) is 3.95. The van der Waals surface area contributed by atoms with Gasteiger partial charge in [-0.3, -0.25) is 4.72 Å². The summed E-state index contributed by atoms with van der Waals surface area (Å²) in [4.78, 5) is 7.35. The topological polar surface area (TPSA) is 101 Å². The number of aromatic nitrogens is 3. The number of H-pyrrole nitrogens is 1. The lowest BCUT2D eigenvalue weighted by Gasteiger charge is -2.12. The van der Waals surface area contributed by atoms with Gasteiger partial charge in [-0.1, -0.05) is 22.9 Å². The highest BCUT2D eigenvalue weighted by Crippen LogP contribution is 2.33. The van der Waals surface area contributed by atoms with Crippen molar-refractivity contribution < 1.29 is 12.9 Å². The number of hydrogen-bond donors (Lipinski definition) is 2. The lowest BCUT2D eigenvalue weighted by atomic mass is 10.1. The van der Waals surface area contributed by atoms with Crippen LogP contribution < -0.4 is 4.72 Å². The first kappa shape index (κ1) is 17.2. The molecule has 0 spiro atoms. The lowest BCUT2D eigenvalue weighted by Crippen LogP contribution is -2.15. The van der Waals surface area contributed by atoms with E-state index in [2.05, 4.69) is 19.8 Å². The van der Waals surface area contributed by atoms with E-state index in [9.17, 15) is 8.42 Å². The van der Waals surface area contributed by atoms with Crippen LogP contribution in [0.5, 0.6) is 0 Å². The average Bonchev–Trinajstić information content (AvgIpc) is 3.05. The Balaban J connectivity index is 2.12. The van der Waals surface area contributed by atoms with Crippen molar-refractivity contribution in [1.82, 2.24) is 15.1 Å². The SMILES string of the molecule is Cc1ccc(NS(=O)(=O)c2c(C)[nH]c(C)c2-c2nc(C)no2)c(C)c1. The minimum absolute atomic E-state index is 0.119. The molecule has 3 aromatic rings. The second-order valence-corrected chi connectivity index (χ2v) is 7.77. The number of rotatable bonds is 4. The number of anilines is 1. The molecule has 8 heteroatoms. The van der Waals surface area contributed by atoms with Crippen LogP contribution >= 0.6 is 0 Å². The molecule has 0 saturated carbocycles. The molecular weight excluding hydrogens is 340 g/mol. The van der Waals surface area contributed by atoms with Gasteiger partial charge in [0.15, 0.2) is 5.82 Å². The molecule has 0 unspecified atom stereocenters. The minimum Gasteiger partial charge on any atom is -0.361 e. The molecule has 2 aromatic heterocycles. The van der Waals surface area contributed by atoms with E-state index >= 15 is 0 Å². The maximum atomic E-state index is 13.1. The van der Waals surface area contributed by atoms with Gasteiger partial charge in [-0.2, -0.15) is 4.98 Å². The summed E-state index contributed by atoms with van der Waals surface area (Å²) in [5.41, 5.74) is 4.02. The van der Waals surface area contributed by atoms with Crippen LogP contribution in [0.15, 0.2) is 27.6 Å². The average molecular weight is 360 g/mol. The molecule has 0 atom stereocenters. The van der Waals surface area contributed by atoms with Crippen LogP contribution in [0.2, 0.25) is 0 Å². The predicted molar refractivity (Wildman–Crippen MR) is 95.0 cm³/mol. The van der Waals surface area contributed by atoms with E-state index in [1.807, 2.05) is 26.0 Å². The normalized spacial score (nSPS) is 11.7. The van der Waals surface area contributed by atoms with Gasteiger partial charge in [-0.15, -0.1) is 0 Å². The molecule has 7 nitrogen and oxygen atoms in total. The largest absolute Gasteiger partial charge is 0.361 e. The second-order valence-electron chi connectivity index (χ2n) is 6.15. The van der Waals surface area contributed by atoms with E-state index in [1.165, 1.54) is 0 Å². The predicted octanol–water partition coefficient (Wildman–Crippen LogP) is 3.41. The number of sulfonamides is 1. The molecule has 0 fully saturated rings. The number of aromatic amines is 1. The van der Waals surface area contributed by atoms with Gasteiger partial charge in [0, 0.05) is 11.4 Å². The Morgan fingerprint density at radius 1 is 1.08 bits per heavy atom. The van der Waals surface area contributed by atoms with Crippen molar-refractivity contribution in [1.29, 1.82) is 0 Å². The molecule has 0 radical (unpaired) electrons. The van der Waals surface area contributed by atoms with Crippen LogP contribution in [-0.4, -0.2) is 23.5 Å². The summed E-state index contributed by atoms with van der Waals surface area (Å²) in [6.07, 6.45) is 0. The van der Waals surface area contributed by atoms with Gasteiger partial charge in [0.2, 0.25) is 0 Å². The molecule has 2 heterocycles. The maximum Gasteiger partial charge on any atom is 0.264 e. The van der Waals surface area contributed by atoms with E-state index in [-0.39, 0.29) is 10.8 Å². The first-order valence-electron chi connectivity index (χ1n) is 7.79. The summed E-state index contributed by atoms with van der Waals surface area (Å²) in [5.74, 6) is 0.624. The molecule has 0 saturated heterocycles. The van der Waals surface area contributed by atoms with Crippen LogP contribution in [-0.2, 0) is 10.0 Å². The Kier molecular flexibility index (Phi) is 4.16. The zero-order valence-electron chi connectivity index (χ0n) is 14.8. The van der Waals surface area contributed by atoms with Gasteiger partial charge in [-0.25, -0.2) is 8.42 Å². The zero-order chi connectivity index (χ0) is 18.4. The Morgan fingerprint density at radius 2 is 1.80 bits per heavy atom. The Bertz CT molecular complexity index is 1050. The fourth-order valence-corrected chi connectivity index (χ4v) is 4.46. The lowest BCUT2D eigenvalue weighted by molar-refractivity contribution is 0.424. The van der Waals surface area contributed by atoms with Gasteiger partial charge in [-0.05, 0) is 46.2 Å². The summed E-state index contributed by atoms with van der Waals surface area (Å²) in [6, 6.07) is 5.55. The van der Waals surface area contributed by atoms with E-state index in [0.717, 1.165) is 11.1 Å². The van der Waals surface area contributed by atoms with E-state index in [0.29, 0.717) is 28.5 Å². The van der Waals surface area contributed by atoms with Crippen LogP contribution in [0.4, 0.5) is 5.69 Å². The van der Waals surface area contributed by atoms with Crippen LogP contribution in [0.1, 0.15) is 28.3 Å². The van der Waals surface area contributed by atoms with Crippen molar-refractivity contribution in [3.63, 3.8) is 0 Å². The quantitative estimate of drug-likeness (QED) is 0.742. The third-order valence-corrected chi connectivity index (χ3v) is 5.49. The summed E-state index contributed by atoms with van der Waals surface area (Å²) in [6.45, 7) is 8.99. The molecule has 0 aliphatic rings. The standard InChI is InChI=1S/C17H20N4O3S/c1-9-6-7-14(10(2)8-9)21-25(22,23)16-12(4)18-11(3)15(16)17-19-13(5)20-24-17/h6-8,18,21H,1-5H3. The van der Waals surface area contributed by atoms with E-state index in [1.54, 1.807) is 26.8 Å². The third kappa shape index (κ3) is 3.17. The highest BCUT2D eigenvalue weighted by molar-refractivity contribution is 7.93. The van der Waals surface area contributed by atoms with Crippen molar-refractivity contribution in [2.45, 2.75) is 39.5 Å². The molecule has 25 heavy (non-hydrogen) atoms. The molecule has 3 rings (SSSR count). The van der Waals surface area contributed by atoms with Crippen molar-refractivity contribution in [3.05, 3.63) is 46.5 Å². The second kappa shape index (κ2) is 6.03. The van der Waals surface area contributed by atoms with Crippen molar-refractivity contribution in [3.8, 4) is 11.5 Å². The fraction of sp³-hybridized carbons (Fsp3) is 0.294. The first-order chi connectivity index (χ1) is 11.7. The molecule has 0 bridgehead atoms. The highest BCUT2D eigenvalue weighted by Gasteiger charge is 2.29. The summed E-state index contributed by atoms with van der Waals surface area (Å²) < 4.78 is 34.0. The number of benzene rings is 1. The molecule has 1 aromatic carbocycles. The Labute approximate surface area is 146 Å². The monoisotopic (exact) mass is 360 g/mol. The molecule has 0 aliphatic carbocycles. The molecule has 0 aliphatic heterocycles. The molecule has 132 valence electrons. The van der Waals surface area contributed by atoms with Crippen molar-refractivity contribution in [2.24, 2.45) is 0 Å². The molecule has 0 amide bonds. The zero-order valence-corrected chi connectivity index (χ0v) is 15.6. The fourth-order valence-electron chi connectivity index (χ4n) is 2.87. The summed E-state index contributed by atoms with van der Waals surface area (Å²) >= 11 is 0. The van der Waals surface area contributed by atoms with Crippen LogP contribution in [0.3, 0.4) is 0 Å². The highest BCUT2D eigenvalue weighted by atomic mass is 32.2. The van der Waals surface area contributed by atoms with E-state index in [4.69, 9.17) is 4.52 Å². The number of nitrogens with one attached hydrogen (secondary N) is 2. The Hall–Kier alpha value is -2.61. The van der Waals surface area contributed by atoms with Gasteiger partial charge in [0.05, 0.1) is 11.3 Å². The smallest absolute Gasteiger partial charge is 0.264 e. The number of aryl methyl sites for hydroxylation is 5. The minimum atomic E-state index is -3.84. The van der Waals surface area contributed by atoms with Gasteiger partial charge >= 0.3 is 0 Å². The van der Waals surface area contributed by atoms with Gasteiger partial charge in [0.1, 0.15) is 4.90 Å². The van der Waals surface area contributed by atoms with Crippen molar-refractivity contribution >= 4 is 15.7 Å². The number of nitrogens with zero attached hydrogens (tertiary/aromatic N) is 2. The molecular formula is C17H20N4O3S. The summed E-state index contributed by atoms with van der Waals surface area (Å²) in [5, 5.41) is 3.76. The summed E-state index contributed by atoms with van der Waals surface area (Å²) in [7, 11) is -3.84. The van der Waals surface area contributed by atoms with Crippen LogP contribution in [0, 0.1) is 34.6 Å². The van der Waals surface area contributed by atoms with Crippen LogP contribution in [0.25, 0.3) is 11.5 Å². The van der Waals surface area contributed by atoms with E-state index < -0.39 is 10.0 Å². The van der Waals surface area contributed by atoms with Crippen molar-refractivity contribution in [2.75, 3.05) is 4.72 Å². The van der Waals surface area contributed by atoms with Gasteiger partial charge in [0.25, 0.3) is 15.9 Å². The number of hydrogen-bond acceptors (Lipinski definition) is 5. The maximum absolute atomic E-state index is 13.1. The van der Waals surface area contributed by atoms with Gasteiger partial charge < -0.3 is 9.51 Å².